The maximum absolute atomic E-state index is 13.1. The van der Waals surface area contributed by atoms with E-state index >= 15 is 0 Å². The highest BCUT2D eigenvalue weighted by Crippen LogP contribution is 2.26. The first-order valence-electron chi connectivity index (χ1n) is 9.69. The minimum Gasteiger partial charge on any atom is -0.352 e. The number of nitrogens with zero attached hydrogens (tertiary/aromatic N) is 1. The SMILES string of the molecule is CCCNC(=O)c1ccc(NC(=O)c2cccnc2SCc2ccc(F)cc2)cc1Cl. The molecule has 31 heavy (non-hydrogen) atoms. The van der Waals surface area contributed by atoms with Gasteiger partial charge in [0.1, 0.15) is 10.8 Å². The van der Waals surface area contributed by atoms with Gasteiger partial charge < -0.3 is 10.6 Å². The predicted octanol–water partition coefficient (Wildman–Crippen LogP) is 5.56. The number of anilines is 1. The molecule has 0 saturated heterocycles. The van der Waals surface area contributed by atoms with Gasteiger partial charge in [0.25, 0.3) is 11.8 Å². The standard InChI is InChI=1S/C23H21ClFN3O2S/c1-2-11-26-21(29)18-10-9-17(13-20(18)24)28-22(30)19-4-3-12-27-23(19)31-14-15-5-7-16(25)8-6-15/h3-10,12-13H,2,11,14H2,1H3,(H,26,29)(H,28,30). The summed E-state index contributed by atoms with van der Waals surface area (Å²) in [6, 6.07) is 14.3. The Morgan fingerprint density at radius 1 is 1.06 bits per heavy atom. The molecule has 2 aromatic carbocycles. The molecule has 2 N–H and O–H groups in total. The molecule has 0 fully saturated rings. The van der Waals surface area contributed by atoms with Crippen molar-refractivity contribution in [2.24, 2.45) is 0 Å². The molecule has 0 atom stereocenters. The number of nitrogens with one attached hydrogen (secondary N) is 2. The first-order valence-corrected chi connectivity index (χ1v) is 11.1. The molecule has 0 aliphatic heterocycles. The lowest BCUT2D eigenvalue weighted by molar-refractivity contribution is 0.0953. The summed E-state index contributed by atoms with van der Waals surface area (Å²) in [7, 11) is 0. The van der Waals surface area contributed by atoms with Crippen molar-refractivity contribution in [3.8, 4) is 0 Å². The summed E-state index contributed by atoms with van der Waals surface area (Å²) >= 11 is 7.63. The molecular weight excluding hydrogens is 437 g/mol. The first kappa shape index (κ1) is 22.8. The van der Waals surface area contributed by atoms with Crippen LogP contribution in [0, 0.1) is 5.82 Å². The number of thioether (sulfide) groups is 1. The third-order valence-electron chi connectivity index (χ3n) is 4.31. The molecule has 2 amide bonds. The van der Waals surface area contributed by atoms with Gasteiger partial charge in [0.05, 0.1) is 16.1 Å². The van der Waals surface area contributed by atoms with Crippen LogP contribution >= 0.6 is 23.4 Å². The van der Waals surface area contributed by atoms with Crippen molar-refractivity contribution in [3.05, 3.63) is 88.3 Å². The van der Waals surface area contributed by atoms with E-state index in [2.05, 4.69) is 15.6 Å². The molecule has 1 aromatic heterocycles. The molecule has 0 aliphatic rings. The predicted molar refractivity (Wildman–Crippen MR) is 122 cm³/mol. The summed E-state index contributed by atoms with van der Waals surface area (Å²) in [6.45, 7) is 2.53. The number of amides is 2. The fourth-order valence-corrected chi connectivity index (χ4v) is 3.93. The Morgan fingerprint density at radius 3 is 2.55 bits per heavy atom. The minimum absolute atomic E-state index is 0.253. The topological polar surface area (TPSA) is 71.1 Å². The summed E-state index contributed by atoms with van der Waals surface area (Å²) in [5.41, 5.74) is 2.16. The second-order valence-corrected chi connectivity index (χ2v) is 8.05. The van der Waals surface area contributed by atoms with Crippen molar-refractivity contribution in [1.29, 1.82) is 0 Å². The summed E-state index contributed by atoms with van der Waals surface area (Å²) in [4.78, 5) is 29.2. The molecule has 1 heterocycles. The maximum atomic E-state index is 13.1. The Hall–Kier alpha value is -2.90. The van der Waals surface area contributed by atoms with E-state index in [-0.39, 0.29) is 22.7 Å². The number of aromatic nitrogens is 1. The summed E-state index contributed by atoms with van der Waals surface area (Å²) < 4.78 is 13.1. The van der Waals surface area contributed by atoms with Gasteiger partial charge in [0.2, 0.25) is 0 Å². The van der Waals surface area contributed by atoms with Gasteiger partial charge in [-0.05, 0) is 54.4 Å². The smallest absolute Gasteiger partial charge is 0.258 e. The van der Waals surface area contributed by atoms with Crippen LogP contribution in [-0.2, 0) is 5.75 Å². The second kappa shape index (κ2) is 10.9. The van der Waals surface area contributed by atoms with Crippen LogP contribution in [-0.4, -0.2) is 23.3 Å². The average molecular weight is 458 g/mol. The minimum atomic E-state index is -0.339. The normalized spacial score (nSPS) is 10.5. The van der Waals surface area contributed by atoms with Crippen molar-refractivity contribution in [2.75, 3.05) is 11.9 Å². The summed E-state index contributed by atoms with van der Waals surface area (Å²) in [5.74, 6) is -0.338. The zero-order chi connectivity index (χ0) is 22.2. The van der Waals surface area contributed by atoms with Crippen LogP contribution in [0.2, 0.25) is 5.02 Å². The van der Waals surface area contributed by atoms with E-state index in [0.29, 0.717) is 34.1 Å². The Balaban J connectivity index is 1.70. The van der Waals surface area contributed by atoms with E-state index in [0.717, 1.165) is 12.0 Å². The Bertz CT molecular complexity index is 1080. The van der Waals surface area contributed by atoms with Crippen LogP contribution in [0.3, 0.4) is 0 Å². The lowest BCUT2D eigenvalue weighted by Gasteiger charge is -2.11. The number of carbonyl (C=O) groups is 2. The van der Waals surface area contributed by atoms with Gasteiger partial charge in [-0.2, -0.15) is 0 Å². The fourth-order valence-electron chi connectivity index (χ4n) is 2.72. The fraction of sp³-hybridized carbons (Fsp3) is 0.174. The molecular formula is C23H21ClFN3O2S. The summed E-state index contributed by atoms with van der Waals surface area (Å²) in [5, 5.41) is 6.38. The van der Waals surface area contributed by atoms with E-state index in [4.69, 9.17) is 11.6 Å². The van der Waals surface area contributed by atoms with Crippen LogP contribution in [0.5, 0.6) is 0 Å². The number of hydrogen-bond acceptors (Lipinski definition) is 4. The maximum Gasteiger partial charge on any atom is 0.258 e. The van der Waals surface area contributed by atoms with Crippen LogP contribution in [0.25, 0.3) is 0 Å². The van der Waals surface area contributed by atoms with Gasteiger partial charge in [0, 0.05) is 24.2 Å². The first-order chi connectivity index (χ1) is 15.0. The molecule has 3 aromatic rings. The molecule has 0 aliphatic carbocycles. The highest BCUT2D eigenvalue weighted by atomic mass is 35.5. The number of carbonyl (C=O) groups excluding carboxylic acids is 2. The Labute approximate surface area is 189 Å². The van der Waals surface area contributed by atoms with Crippen molar-refractivity contribution < 1.29 is 14.0 Å². The molecule has 0 spiro atoms. The van der Waals surface area contributed by atoms with Gasteiger partial charge in [0.15, 0.2) is 0 Å². The van der Waals surface area contributed by atoms with E-state index in [9.17, 15) is 14.0 Å². The van der Waals surface area contributed by atoms with E-state index in [1.807, 2.05) is 6.92 Å². The quantitative estimate of drug-likeness (QED) is 0.434. The van der Waals surface area contributed by atoms with Gasteiger partial charge in [-0.15, -0.1) is 11.8 Å². The van der Waals surface area contributed by atoms with Gasteiger partial charge in [-0.25, -0.2) is 9.37 Å². The van der Waals surface area contributed by atoms with Crippen LogP contribution in [0.1, 0.15) is 39.6 Å². The zero-order valence-electron chi connectivity index (χ0n) is 16.8. The third-order valence-corrected chi connectivity index (χ3v) is 5.70. The molecule has 3 rings (SSSR count). The van der Waals surface area contributed by atoms with Crippen LogP contribution in [0.15, 0.2) is 65.8 Å². The van der Waals surface area contributed by atoms with Crippen molar-refractivity contribution in [3.63, 3.8) is 0 Å². The van der Waals surface area contributed by atoms with Crippen molar-refractivity contribution in [1.82, 2.24) is 10.3 Å². The molecule has 160 valence electrons. The number of halogens is 2. The van der Waals surface area contributed by atoms with Crippen LogP contribution < -0.4 is 10.6 Å². The highest BCUT2D eigenvalue weighted by molar-refractivity contribution is 7.98. The van der Waals surface area contributed by atoms with Crippen molar-refractivity contribution >= 4 is 40.9 Å². The molecule has 0 unspecified atom stereocenters. The second-order valence-electron chi connectivity index (χ2n) is 6.68. The van der Waals surface area contributed by atoms with Gasteiger partial charge >= 0.3 is 0 Å². The number of hydrogen-bond donors (Lipinski definition) is 2. The molecule has 5 nitrogen and oxygen atoms in total. The van der Waals surface area contributed by atoms with E-state index < -0.39 is 0 Å². The molecule has 0 bridgehead atoms. The number of pyridine rings is 1. The molecule has 0 saturated carbocycles. The van der Waals surface area contributed by atoms with Gasteiger partial charge in [-0.3, -0.25) is 9.59 Å². The van der Waals surface area contributed by atoms with Crippen LogP contribution in [0.4, 0.5) is 10.1 Å². The molecule has 8 heteroatoms. The Kier molecular flexibility index (Phi) is 8.03. The number of benzene rings is 2. The van der Waals surface area contributed by atoms with Gasteiger partial charge in [-0.1, -0.05) is 30.7 Å². The van der Waals surface area contributed by atoms with E-state index in [1.54, 1.807) is 48.7 Å². The lowest BCUT2D eigenvalue weighted by Crippen LogP contribution is -2.24. The zero-order valence-corrected chi connectivity index (χ0v) is 18.4. The van der Waals surface area contributed by atoms with E-state index in [1.165, 1.54) is 23.9 Å². The molecule has 0 radical (unpaired) electrons. The Morgan fingerprint density at radius 2 is 1.84 bits per heavy atom. The third kappa shape index (κ3) is 6.29. The number of rotatable bonds is 8. The van der Waals surface area contributed by atoms with Crippen molar-refractivity contribution in [2.45, 2.75) is 24.1 Å². The largest absolute Gasteiger partial charge is 0.352 e. The lowest BCUT2D eigenvalue weighted by atomic mass is 10.1. The monoisotopic (exact) mass is 457 g/mol. The summed E-state index contributed by atoms with van der Waals surface area (Å²) in [6.07, 6.45) is 2.44. The highest BCUT2D eigenvalue weighted by Gasteiger charge is 2.15. The average Bonchev–Trinajstić information content (AvgIpc) is 2.77.